The summed E-state index contributed by atoms with van der Waals surface area (Å²) < 4.78 is 6.70. The van der Waals surface area contributed by atoms with Gasteiger partial charge < -0.3 is 15.2 Å². The molecule has 0 spiro atoms. The molecule has 0 bridgehead atoms. The average Bonchev–Trinajstić information content (AvgIpc) is 2.37. The number of para-hydroxylation sites is 1. The summed E-state index contributed by atoms with van der Waals surface area (Å²) in [5.41, 5.74) is 0.491. The summed E-state index contributed by atoms with van der Waals surface area (Å²) in [5.74, 6) is 1.66. The molecule has 0 aliphatic carbocycles. The average molecular weight is 346 g/mol. The van der Waals surface area contributed by atoms with E-state index in [9.17, 15) is 5.11 Å². The van der Waals surface area contributed by atoms with Crippen LogP contribution in [-0.2, 0) is 0 Å². The van der Waals surface area contributed by atoms with Gasteiger partial charge in [0.25, 0.3) is 0 Å². The summed E-state index contributed by atoms with van der Waals surface area (Å²) in [5, 5.41) is 13.7. The fourth-order valence-electron chi connectivity index (χ4n) is 2.30. The summed E-state index contributed by atoms with van der Waals surface area (Å²) in [6.07, 6.45) is 2.94. The molecule has 2 unspecified atom stereocenters. The Morgan fingerprint density at radius 3 is 3.11 bits per heavy atom. The van der Waals surface area contributed by atoms with Crippen LogP contribution in [0, 0.1) is 0 Å². The number of benzene rings is 1. The molecular formula is C14H20BrNO2S. The van der Waals surface area contributed by atoms with Gasteiger partial charge >= 0.3 is 0 Å². The minimum atomic E-state index is -0.677. The van der Waals surface area contributed by atoms with Crippen LogP contribution in [-0.4, -0.2) is 35.9 Å². The maximum Gasteiger partial charge on any atom is 0.138 e. The monoisotopic (exact) mass is 345 g/mol. The van der Waals surface area contributed by atoms with Crippen molar-refractivity contribution in [1.82, 2.24) is 5.32 Å². The van der Waals surface area contributed by atoms with Crippen molar-refractivity contribution in [2.45, 2.75) is 25.0 Å². The molecule has 1 heterocycles. The Kier molecular flexibility index (Phi) is 5.17. The lowest BCUT2D eigenvalue weighted by Crippen LogP contribution is -2.42. The summed E-state index contributed by atoms with van der Waals surface area (Å²) in [4.78, 5) is 0. The first-order valence-corrected chi connectivity index (χ1v) is 8.58. The van der Waals surface area contributed by atoms with E-state index in [4.69, 9.17) is 4.74 Å². The second kappa shape index (κ2) is 6.48. The molecule has 1 aliphatic rings. The lowest BCUT2D eigenvalue weighted by molar-refractivity contribution is 0.0788. The van der Waals surface area contributed by atoms with E-state index in [2.05, 4.69) is 27.3 Å². The number of ether oxygens (including phenoxy) is 1. The predicted octanol–water partition coefficient (Wildman–Crippen LogP) is 2.98. The van der Waals surface area contributed by atoms with Gasteiger partial charge in [0.2, 0.25) is 0 Å². The Morgan fingerprint density at radius 2 is 2.37 bits per heavy atom. The number of halogens is 1. The first-order valence-electron chi connectivity index (χ1n) is 6.39. The highest BCUT2D eigenvalue weighted by atomic mass is 79.9. The zero-order valence-corrected chi connectivity index (χ0v) is 13.7. The molecule has 106 valence electrons. The fourth-order valence-corrected chi connectivity index (χ4v) is 3.52. The van der Waals surface area contributed by atoms with E-state index in [0.29, 0.717) is 13.2 Å². The summed E-state index contributed by atoms with van der Waals surface area (Å²) >= 11 is 5.18. The van der Waals surface area contributed by atoms with Gasteiger partial charge in [-0.15, -0.1) is 0 Å². The molecule has 0 fully saturated rings. The molecule has 2 rings (SSSR count). The number of nitrogens with one attached hydrogen (secondary N) is 1. The Labute approximate surface area is 127 Å². The highest BCUT2D eigenvalue weighted by Gasteiger charge is 2.26. The summed E-state index contributed by atoms with van der Waals surface area (Å²) in [6.45, 7) is 3.17. The van der Waals surface area contributed by atoms with Crippen LogP contribution in [0.25, 0.3) is 0 Å². The number of aliphatic hydroxyl groups is 1. The minimum absolute atomic E-state index is 0.245. The zero-order valence-electron chi connectivity index (χ0n) is 11.3. The highest BCUT2D eigenvalue weighted by molar-refractivity contribution is 9.10. The molecule has 2 atom stereocenters. The fraction of sp³-hybridized carbons (Fsp3) is 0.571. The van der Waals surface area contributed by atoms with Gasteiger partial charge in [0.15, 0.2) is 0 Å². The van der Waals surface area contributed by atoms with Crippen molar-refractivity contribution < 1.29 is 9.84 Å². The van der Waals surface area contributed by atoms with Crippen molar-refractivity contribution in [3.63, 3.8) is 0 Å². The molecule has 0 radical (unpaired) electrons. The van der Waals surface area contributed by atoms with Gasteiger partial charge in [-0.1, -0.05) is 12.1 Å². The van der Waals surface area contributed by atoms with E-state index in [1.54, 1.807) is 11.8 Å². The van der Waals surface area contributed by atoms with Gasteiger partial charge in [-0.2, -0.15) is 11.8 Å². The number of hydrogen-bond acceptors (Lipinski definition) is 4. The first kappa shape index (κ1) is 15.2. The van der Waals surface area contributed by atoms with Crippen molar-refractivity contribution in [1.29, 1.82) is 0 Å². The highest BCUT2D eigenvalue weighted by Crippen LogP contribution is 2.37. The molecule has 5 heteroatoms. The van der Waals surface area contributed by atoms with Gasteiger partial charge in [0.1, 0.15) is 5.75 Å². The molecule has 3 nitrogen and oxygen atoms in total. The third-order valence-electron chi connectivity index (χ3n) is 3.21. The molecule has 2 N–H and O–H groups in total. The zero-order chi connectivity index (χ0) is 13.9. The minimum Gasteiger partial charge on any atom is -0.492 e. The van der Waals surface area contributed by atoms with Crippen LogP contribution < -0.4 is 10.1 Å². The lowest BCUT2D eigenvalue weighted by Gasteiger charge is -2.31. The molecule has 0 saturated heterocycles. The van der Waals surface area contributed by atoms with Crippen molar-refractivity contribution in [3.05, 3.63) is 28.2 Å². The van der Waals surface area contributed by atoms with Crippen molar-refractivity contribution in [2.75, 3.05) is 25.2 Å². The second-order valence-electron chi connectivity index (χ2n) is 5.16. The van der Waals surface area contributed by atoms with Gasteiger partial charge in [-0.25, -0.2) is 0 Å². The third kappa shape index (κ3) is 3.88. The quantitative estimate of drug-likeness (QED) is 0.860. The molecule has 1 aliphatic heterocycles. The smallest absolute Gasteiger partial charge is 0.138 e. The summed E-state index contributed by atoms with van der Waals surface area (Å²) in [6, 6.07) is 6.34. The van der Waals surface area contributed by atoms with E-state index in [-0.39, 0.29) is 6.04 Å². The Morgan fingerprint density at radius 1 is 1.58 bits per heavy atom. The SMILES string of the molecule is CSCC(C)(O)CNC1CCOc2c(Br)cccc21. The van der Waals surface area contributed by atoms with Crippen molar-refractivity contribution in [3.8, 4) is 5.75 Å². The van der Waals surface area contributed by atoms with Crippen LogP contribution in [0.15, 0.2) is 22.7 Å². The number of fused-ring (bicyclic) bond motifs is 1. The molecule has 0 amide bonds. The van der Waals surface area contributed by atoms with Gasteiger partial charge in [0, 0.05) is 30.3 Å². The van der Waals surface area contributed by atoms with E-state index in [1.807, 2.05) is 25.3 Å². The topological polar surface area (TPSA) is 41.5 Å². The van der Waals surface area contributed by atoms with E-state index in [0.717, 1.165) is 22.4 Å². The van der Waals surface area contributed by atoms with E-state index >= 15 is 0 Å². The van der Waals surface area contributed by atoms with Crippen LogP contribution in [0.3, 0.4) is 0 Å². The lowest BCUT2D eigenvalue weighted by atomic mass is 9.99. The maximum atomic E-state index is 10.2. The molecule has 1 aromatic rings. The van der Waals surface area contributed by atoms with E-state index in [1.165, 1.54) is 5.56 Å². The van der Waals surface area contributed by atoms with Gasteiger partial charge in [0.05, 0.1) is 16.7 Å². The second-order valence-corrected chi connectivity index (χ2v) is 6.88. The van der Waals surface area contributed by atoms with Crippen LogP contribution in [0.2, 0.25) is 0 Å². The predicted molar refractivity (Wildman–Crippen MR) is 84.0 cm³/mol. The van der Waals surface area contributed by atoms with Gasteiger partial charge in [-0.3, -0.25) is 0 Å². The number of thioether (sulfide) groups is 1. The molecular weight excluding hydrogens is 326 g/mol. The largest absolute Gasteiger partial charge is 0.492 e. The Hall–Kier alpha value is -0.230. The normalized spacial score (nSPS) is 21.4. The van der Waals surface area contributed by atoms with Crippen LogP contribution in [0.4, 0.5) is 0 Å². The van der Waals surface area contributed by atoms with E-state index < -0.39 is 5.60 Å². The third-order valence-corrected chi connectivity index (χ3v) is 4.75. The number of hydrogen-bond donors (Lipinski definition) is 2. The molecule has 0 saturated carbocycles. The maximum absolute atomic E-state index is 10.2. The first-order chi connectivity index (χ1) is 9.03. The standard InChI is InChI=1S/C14H20BrNO2S/c1-14(17,9-19-2)8-16-12-6-7-18-13-10(12)4-3-5-11(13)15/h3-5,12,16-17H,6-9H2,1-2H3. The summed E-state index contributed by atoms with van der Waals surface area (Å²) in [7, 11) is 0. The Bertz CT molecular complexity index is 439. The molecule has 19 heavy (non-hydrogen) atoms. The molecule has 0 aromatic heterocycles. The molecule has 1 aromatic carbocycles. The van der Waals surface area contributed by atoms with Crippen LogP contribution >= 0.6 is 27.7 Å². The van der Waals surface area contributed by atoms with Crippen LogP contribution in [0.1, 0.15) is 24.9 Å². The van der Waals surface area contributed by atoms with Gasteiger partial charge in [-0.05, 0) is 35.2 Å². The van der Waals surface area contributed by atoms with Crippen molar-refractivity contribution >= 4 is 27.7 Å². The Balaban J connectivity index is 2.06. The number of rotatable bonds is 5. The van der Waals surface area contributed by atoms with Crippen molar-refractivity contribution in [2.24, 2.45) is 0 Å². The van der Waals surface area contributed by atoms with Crippen LogP contribution in [0.5, 0.6) is 5.75 Å².